The molecule has 1 fully saturated rings. The Kier molecular flexibility index (Phi) is 6.70. The summed E-state index contributed by atoms with van der Waals surface area (Å²) in [5.41, 5.74) is 0.0562. The molecule has 0 bridgehead atoms. The standard InChI is InChI=1S/C16H19ClN6O4S/c1-2-22-15(21-5-7-27-8-6-21)19-20-16(22)28-10-14(24)18-13-9-11(23(25)26)3-4-12(13)17/h3-4,9H,2,5-8,10H2,1H3,(H,18,24). The van der Waals surface area contributed by atoms with E-state index in [1.807, 2.05) is 11.5 Å². The van der Waals surface area contributed by atoms with Crippen LogP contribution in [-0.4, -0.2) is 57.7 Å². The third-order valence-corrected chi connectivity index (χ3v) is 5.37. The summed E-state index contributed by atoms with van der Waals surface area (Å²) in [6.07, 6.45) is 0. The third kappa shape index (κ3) is 4.72. The van der Waals surface area contributed by atoms with Gasteiger partial charge >= 0.3 is 0 Å². The number of carbonyl (C=O) groups is 1. The van der Waals surface area contributed by atoms with Crippen molar-refractivity contribution >= 4 is 46.6 Å². The molecule has 1 aromatic heterocycles. The Hall–Kier alpha value is -2.37. The van der Waals surface area contributed by atoms with E-state index in [-0.39, 0.29) is 28.1 Å². The van der Waals surface area contributed by atoms with Crippen LogP contribution < -0.4 is 10.2 Å². The first-order chi connectivity index (χ1) is 13.5. The van der Waals surface area contributed by atoms with Crippen molar-refractivity contribution in [2.75, 3.05) is 42.3 Å². The Morgan fingerprint density at radius 3 is 2.82 bits per heavy atom. The zero-order valence-electron chi connectivity index (χ0n) is 15.1. The molecule has 1 aliphatic heterocycles. The van der Waals surface area contributed by atoms with Gasteiger partial charge in [0.2, 0.25) is 11.9 Å². The average molecular weight is 427 g/mol. The fourth-order valence-electron chi connectivity index (χ4n) is 2.70. The van der Waals surface area contributed by atoms with Gasteiger partial charge in [-0.05, 0) is 13.0 Å². The Bertz CT molecular complexity index is 871. The third-order valence-electron chi connectivity index (χ3n) is 4.07. The van der Waals surface area contributed by atoms with Crippen LogP contribution in [0.5, 0.6) is 0 Å². The number of carbonyl (C=O) groups excluding carboxylic acids is 1. The van der Waals surface area contributed by atoms with Crippen LogP contribution in [0, 0.1) is 10.1 Å². The number of thioether (sulfide) groups is 1. The number of nitrogens with one attached hydrogen (secondary N) is 1. The van der Waals surface area contributed by atoms with E-state index in [0.29, 0.717) is 24.9 Å². The molecule has 10 nitrogen and oxygen atoms in total. The molecule has 3 rings (SSSR count). The first kappa shape index (κ1) is 20.4. The van der Waals surface area contributed by atoms with Gasteiger partial charge < -0.3 is 15.0 Å². The molecule has 2 aromatic rings. The number of hydrogen-bond donors (Lipinski definition) is 1. The highest BCUT2D eigenvalue weighted by molar-refractivity contribution is 7.99. The van der Waals surface area contributed by atoms with E-state index in [9.17, 15) is 14.9 Å². The van der Waals surface area contributed by atoms with Crippen LogP contribution in [-0.2, 0) is 16.1 Å². The quantitative estimate of drug-likeness (QED) is 0.407. The number of nitro groups is 1. The van der Waals surface area contributed by atoms with Gasteiger partial charge in [0.05, 0.1) is 34.6 Å². The summed E-state index contributed by atoms with van der Waals surface area (Å²) < 4.78 is 7.31. The average Bonchev–Trinajstić information content (AvgIpc) is 3.11. The number of amides is 1. The van der Waals surface area contributed by atoms with E-state index < -0.39 is 4.92 Å². The van der Waals surface area contributed by atoms with E-state index in [4.69, 9.17) is 16.3 Å². The van der Waals surface area contributed by atoms with Crippen LogP contribution in [0.15, 0.2) is 23.4 Å². The number of non-ortho nitro benzene ring substituents is 1. The van der Waals surface area contributed by atoms with Crippen molar-refractivity contribution < 1.29 is 14.5 Å². The van der Waals surface area contributed by atoms with Crippen LogP contribution in [0.25, 0.3) is 0 Å². The summed E-state index contributed by atoms with van der Waals surface area (Å²) >= 11 is 7.26. The van der Waals surface area contributed by atoms with Crippen molar-refractivity contribution in [3.8, 4) is 0 Å². The van der Waals surface area contributed by atoms with Crippen LogP contribution in [0.3, 0.4) is 0 Å². The first-order valence-corrected chi connectivity index (χ1v) is 9.98. The van der Waals surface area contributed by atoms with Crippen molar-refractivity contribution in [3.05, 3.63) is 33.3 Å². The minimum absolute atomic E-state index is 0.0697. The van der Waals surface area contributed by atoms with Crippen molar-refractivity contribution in [3.63, 3.8) is 0 Å². The van der Waals surface area contributed by atoms with E-state index >= 15 is 0 Å². The SMILES string of the molecule is CCn1c(SCC(=O)Nc2cc([N+](=O)[O-])ccc2Cl)nnc1N1CCOCC1. The van der Waals surface area contributed by atoms with E-state index in [0.717, 1.165) is 19.0 Å². The fraction of sp³-hybridized carbons (Fsp3) is 0.438. The van der Waals surface area contributed by atoms with Gasteiger partial charge in [0.1, 0.15) is 0 Å². The van der Waals surface area contributed by atoms with Crippen LogP contribution in [0.1, 0.15) is 6.92 Å². The van der Waals surface area contributed by atoms with Gasteiger partial charge in [-0.15, -0.1) is 10.2 Å². The Morgan fingerprint density at radius 2 is 2.14 bits per heavy atom. The number of halogens is 1. The Morgan fingerprint density at radius 1 is 1.39 bits per heavy atom. The minimum atomic E-state index is -0.544. The highest BCUT2D eigenvalue weighted by Crippen LogP contribution is 2.27. The summed E-state index contributed by atoms with van der Waals surface area (Å²) in [4.78, 5) is 24.7. The van der Waals surface area contributed by atoms with Gasteiger partial charge in [-0.25, -0.2) is 0 Å². The van der Waals surface area contributed by atoms with Gasteiger partial charge in [0, 0.05) is 31.8 Å². The molecule has 1 saturated heterocycles. The first-order valence-electron chi connectivity index (χ1n) is 8.62. The largest absolute Gasteiger partial charge is 0.378 e. The summed E-state index contributed by atoms with van der Waals surface area (Å²) in [6, 6.07) is 3.89. The van der Waals surface area contributed by atoms with Gasteiger partial charge in [0.15, 0.2) is 5.16 Å². The Balaban J connectivity index is 1.64. The molecular formula is C16H19ClN6O4S. The van der Waals surface area contributed by atoms with Gasteiger partial charge in [0.25, 0.3) is 5.69 Å². The van der Waals surface area contributed by atoms with Gasteiger partial charge in [-0.3, -0.25) is 19.5 Å². The molecule has 1 aromatic carbocycles. The van der Waals surface area contributed by atoms with Crippen molar-refractivity contribution in [2.24, 2.45) is 0 Å². The van der Waals surface area contributed by atoms with E-state index in [2.05, 4.69) is 20.4 Å². The lowest BCUT2D eigenvalue weighted by Crippen LogP contribution is -2.38. The zero-order chi connectivity index (χ0) is 20.1. The van der Waals surface area contributed by atoms with Crippen molar-refractivity contribution in [1.29, 1.82) is 0 Å². The lowest BCUT2D eigenvalue weighted by molar-refractivity contribution is -0.384. The molecule has 0 radical (unpaired) electrons. The second kappa shape index (κ2) is 9.22. The van der Waals surface area contributed by atoms with E-state index in [1.165, 1.54) is 30.0 Å². The maximum atomic E-state index is 12.3. The Labute approximate surface area is 170 Å². The molecule has 28 heavy (non-hydrogen) atoms. The fourth-order valence-corrected chi connectivity index (χ4v) is 3.66. The number of ether oxygens (including phenoxy) is 1. The molecule has 0 unspecified atom stereocenters. The highest BCUT2D eigenvalue weighted by atomic mass is 35.5. The number of hydrogen-bond acceptors (Lipinski definition) is 8. The van der Waals surface area contributed by atoms with Crippen LogP contribution in [0.4, 0.5) is 17.3 Å². The summed E-state index contributed by atoms with van der Waals surface area (Å²) in [5.74, 6) is 0.488. The van der Waals surface area contributed by atoms with Gasteiger partial charge in [-0.2, -0.15) is 0 Å². The molecule has 1 N–H and O–H groups in total. The van der Waals surface area contributed by atoms with Crippen LogP contribution in [0.2, 0.25) is 5.02 Å². The maximum Gasteiger partial charge on any atom is 0.271 e. The molecule has 0 aliphatic carbocycles. The predicted octanol–water partition coefficient (Wildman–Crippen LogP) is 2.43. The molecule has 0 spiro atoms. The molecule has 0 saturated carbocycles. The highest BCUT2D eigenvalue weighted by Gasteiger charge is 2.20. The number of rotatable bonds is 7. The zero-order valence-corrected chi connectivity index (χ0v) is 16.7. The van der Waals surface area contributed by atoms with Crippen molar-refractivity contribution in [1.82, 2.24) is 14.8 Å². The van der Waals surface area contributed by atoms with E-state index in [1.54, 1.807) is 0 Å². The summed E-state index contributed by atoms with van der Waals surface area (Å²) in [5, 5.41) is 22.8. The smallest absolute Gasteiger partial charge is 0.271 e. The lowest BCUT2D eigenvalue weighted by atomic mass is 10.3. The monoisotopic (exact) mass is 426 g/mol. The topological polar surface area (TPSA) is 115 Å². The molecule has 12 heteroatoms. The lowest BCUT2D eigenvalue weighted by Gasteiger charge is -2.27. The second-order valence-electron chi connectivity index (χ2n) is 5.88. The molecular weight excluding hydrogens is 408 g/mol. The number of nitro benzene ring substituents is 1. The molecule has 1 amide bonds. The molecule has 150 valence electrons. The predicted molar refractivity (Wildman–Crippen MR) is 106 cm³/mol. The molecule has 1 aliphatic rings. The number of anilines is 2. The van der Waals surface area contributed by atoms with Gasteiger partial charge in [-0.1, -0.05) is 23.4 Å². The molecule has 2 heterocycles. The maximum absolute atomic E-state index is 12.3. The number of benzene rings is 1. The summed E-state index contributed by atoms with van der Waals surface area (Å²) in [7, 11) is 0. The number of morpholine rings is 1. The number of nitrogens with zero attached hydrogens (tertiary/aromatic N) is 5. The summed E-state index contributed by atoms with van der Waals surface area (Å²) in [6.45, 7) is 5.43. The van der Waals surface area contributed by atoms with Crippen LogP contribution >= 0.6 is 23.4 Å². The van der Waals surface area contributed by atoms with Crippen molar-refractivity contribution in [2.45, 2.75) is 18.6 Å². The molecule has 0 atom stereocenters. The minimum Gasteiger partial charge on any atom is -0.378 e. The number of aromatic nitrogens is 3. The normalized spacial score (nSPS) is 14.1. The second-order valence-corrected chi connectivity index (χ2v) is 7.23.